The average Bonchev–Trinajstić information content (AvgIpc) is 2.88. The van der Waals surface area contributed by atoms with Gasteiger partial charge in [-0.2, -0.15) is 0 Å². The second kappa shape index (κ2) is 14.3. The van der Waals surface area contributed by atoms with E-state index in [0.29, 0.717) is 12.2 Å². The molecule has 0 saturated carbocycles. The predicted molar refractivity (Wildman–Crippen MR) is 148 cm³/mol. The van der Waals surface area contributed by atoms with Crippen molar-refractivity contribution in [1.82, 2.24) is 0 Å². The number of rotatable bonds is 13. The molecule has 6 heteroatoms. The summed E-state index contributed by atoms with van der Waals surface area (Å²) < 4.78 is 18.5. The van der Waals surface area contributed by atoms with Crippen molar-refractivity contribution in [3.63, 3.8) is 0 Å². The Labute approximate surface area is 225 Å². The number of benzene rings is 3. The third-order valence-electron chi connectivity index (χ3n) is 5.72. The highest BCUT2D eigenvalue weighted by atomic mass is 79.9. The van der Waals surface area contributed by atoms with Crippen LogP contribution in [-0.4, -0.2) is 19.7 Å². The van der Waals surface area contributed by atoms with Gasteiger partial charge < -0.3 is 14.2 Å². The lowest BCUT2D eigenvalue weighted by molar-refractivity contribution is 0.0600. The number of halogens is 2. The van der Waals surface area contributed by atoms with Gasteiger partial charge in [0.1, 0.15) is 18.1 Å². The molecule has 0 bridgehead atoms. The highest BCUT2D eigenvalue weighted by molar-refractivity contribution is 9.11. The first-order valence-electron chi connectivity index (χ1n) is 12.0. The second-order valence-corrected chi connectivity index (χ2v) is 10.1. The molecule has 0 unspecified atom stereocenters. The summed E-state index contributed by atoms with van der Waals surface area (Å²) in [5.41, 5.74) is 3.66. The first-order chi connectivity index (χ1) is 17.0. The maximum atomic E-state index is 11.6. The van der Waals surface area contributed by atoms with E-state index in [9.17, 15) is 4.79 Å². The van der Waals surface area contributed by atoms with E-state index in [1.165, 1.54) is 39.2 Å². The number of unbranched alkanes of at least 4 members (excludes halogenated alkanes) is 5. The van der Waals surface area contributed by atoms with Gasteiger partial charge in [-0.15, -0.1) is 0 Å². The normalized spacial score (nSPS) is 10.7. The molecule has 35 heavy (non-hydrogen) atoms. The molecule has 0 heterocycles. The summed E-state index contributed by atoms with van der Waals surface area (Å²) in [6.07, 6.45) is 7.50. The molecule has 3 aromatic rings. The molecule has 0 aromatic heterocycles. The van der Waals surface area contributed by atoms with Crippen molar-refractivity contribution < 1.29 is 19.0 Å². The summed E-state index contributed by atoms with van der Waals surface area (Å²) in [7, 11) is 1.37. The van der Waals surface area contributed by atoms with Crippen LogP contribution in [0.3, 0.4) is 0 Å². The van der Waals surface area contributed by atoms with Crippen molar-refractivity contribution >= 4 is 37.8 Å². The van der Waals surface area contributed by atoms with Gasteiger partial charge in [0, 0.05) is 0 Å². The molecule has 0 aliphatic carbocycles. The van der Waals surface area contributed by atoms with Gasteiger partial charge in [0.05, 0.1) is 28.2 Å². The molecule has 0 spiro atoms. The molecule has 0 amide bonds. The van der Waals surface area contributed by atoms with Crippen LogP contribution in [-0.2, 0) is 11.3 Å². The third-order valence-corrected chi connectivity index (χ3v) is 6.96. The lowest BCUT2D eigenvalue weighted by atomic mass is 10.1. The quantitative estimate of drug-likeness (QED) is 0.144. The Hall–Kier alpha value is -2.31. The van der Waals surface area contributed by atoms with Crippen LogP contribution in [0.25, 0.3) is 11.1 Å². The fraction of sp³-hybridized carbons (Fsp3) is 0.345. The topological polar surface area (TPSA) is 44.8 Å². The van der Waals surface area contributed by atoms with Crippen LogP contribution >= 0.6 is 31.9 Å². The average molecular weight is 604 g/mol. The maximum Gasteiger partial charge on any atom is 0.337 e. The number of methoxy groups -OCH3 is 1. The Morgan fingerprint density at radius 2 is 1.31 bits per heavy atom. The van der Waals surface area contributed by atoms with Gasteiger partial charge in [0.15, 0.2) is 0 Å². The van der Waals surface area contributed by atoms with E-state index in [1.807, 2.05) is 36.4 Å². The summed E-state index contributed by atoms with van der Waals surface area (Å²) >= 11 is 7.29. The highest BCUT2D eigenvalue weighted by Crippen LogP contribution is 2.35. The first-order valence-corrected chi connectivity index (χ1v) is 13.6. The van der Waals surface area contributed by atoms with Crippen LogP contribution in [0.5, 0.6) is 11.5 Å². The number of esters is 1. The van der Waals surface area contributed by atoms with E-state index in [2.05, 4.69) is 50.9 Å². The fourth-order valence-electron chi connectivity index (χ4n) is 3.68. The monoisotopic (exact) mass is 602 g/mol. The largest absolute Gasteiger partial charge is 0.492 e. The zero-order valence-electron chi connectivity index (χ0n) is 20.3. The van der Waals surface area contributed by atoms with Crippen LogP contribution < -0.4 is 9.47 Å². The minimum atomic E-state index is -0.347. The Kier molecular flexibility index (Phi) is 11.1. The van der Waals surface area contributed by atoms with Crippen molar-refractivity contribution in [3.05, 3.63) is 80.7 Å². The first kappa shape index (κ1) is 27.3. The van der Waals surface area contributed by atoms with Crippen LogP contribution in [0.2, 0.25) is 0 Å². The lowest BCUT2D eigenvalue weighted by Gasteiger charge is -2.12. The Morgan fingerprint density at radius 3 is 1.89 bits per heavy atom. The number of carbonyl (C=O) groups excluding carboxylic acids is 1. The van der Waals surface area contributed by atoms with Crippen LogP contribution in [0, 0.1) is 0 Å². The zero-order chi connectivity index (χ0) is 25.0. The Morgan fingerprint density at radius 1 is 0.743 bits per heavy atom. The second-order valence-electron chi connectivity index (χ2n) is 8.38. The number of carbonyl (C=O) groups is 1. The minimum Gasteiger partial charge on any atom is -0.492 e. The SMILES string of the molecule is CCCCCCCCOc1ccc(-c2ccc(OCc3ccc(C(=O)OC)cc3)c(Br)c2)cc1Br. The van der Waals surface area contributed by atoms with Gasteiger partial charge in [-0.1, -0.05) is 63.3 Å². The molecule has 0 radical (unpaired) electrons. The van der Waals surface area contributed by atoms with Gasteiger partial charge >= 0.3 is 5.97 Å². The van der Waals surface area contributed by atoms with E-state index >= 15 is 0 Å². The molecule has 186 valence electrons. The Balaban J connectivity index is 1.54. The molecule has 4 nitrogen and oxygen atoms in total. The van der Waals surface area contributed by atoms with Crippen LogP contribution in [0.15, 0.2) is 69.6 Å². The van der Waals surface area contributed by atoms with Crippen molar-refractivity contribution in [2.75, 3.05) is 13.7 Å². The predicted octanol–water partition coefficient (Wildman–Crippen LogP) is 8.98. The van der Waals surface area contributed by atoms with Gasteiger partial charge in [-0.25, -0.2) is 4.79 Å². The lowest BCUT2D eigenvalue weighted by Crippen LogP contribution is -2.02. The molecule has 0 aliphatic heterocycles. The highest BCUT2D eigenvalue weighted by Gasteiger charge is 2.09. The van der Waals surface area contributed by atoms with Crippen molar-refractivity contribution in [1.29, 1.82) is 0 Å². The number of hydrogen-bond acceptors (Lipinski definition) is 4. The van der Waals surface area contributed by atoms with Crippen LogP contribution in [0.1, 0.15) is 61.4 Å². The summed E-state index contributed by atoms with van der Waals surface area (Å²) in [5, 5.41) is 0. The molecule has 3 rings (SSSR count). The van der Waals surface area contributed by atoms with E-state index < -0.39 is 0 Å². The third kappa shape index (κ3) is 8.39. The smallest absolute Gasteiger partial charge is 0.337 e. The molecule has 3 aromatic carbocycles. The molecule has 0 fully saturated rings. The molecule has 0 N–H and O–H groups in total. The molecular weight excluding hydrogens is 572 g/mol. The maximum absolute atomic E-state index is 11.6. The van der Waals surface area contributed by atoms with Crippen molar-refractivity contribution in [2.45, 2.75) is 52.1 Å². The molecule has 0 saturated heterocycles. The van der Waals surface area contributed by atoms with E-state index in [0.717, 1.165) is 50.2 Å². The number of hydrogen-bond donors (Lipinski definition) is 0. The minimum absolute atomic E-state index is 0.347. The van der Waals surface area contributed by atoms with Gasteiger partial charge in [0.2, 0.25) is 0 Å². The summed E-state index contributed by atoms with van der Waals surface area (Å²) in [6.45, 7) is 3.38. The van der Waals surface area contributed by atoms with E-state index in [1.54, 1.807) is 12.1 Å². The summed E-state index contributed by atoms with van der Waals surface area (Å²) in [5.74, 6) is 1.28. The summed E-state index contributed by atoms with van der Waals surface area (Å²) in [4.78, 5) is 11.6. The van der Waals surface area contributed by atoms with Crippen molar-refractivity contribution in [3.8, 4) is 22.6 Å². The fourth-order valence-corrected chi connectivity index (χ4v) is 4.66. The molecular formula is C29H32Br2O4. The van der Waals surface area contributed by atoms with Crippen molar-refractivity contribution in [2.24, 2.45) is 0 Å². The van der Waals surface area contributed by atoms with Gasteiger partial charge in [-0.05, 0) is 91.4 Å². The van der Waals surface area contributed by atoms with Gasteiger partial charge in [-0.3, -0.25) is 0 Å². The Bertz CT molecular complexity index is 1100. The molecule has 0 aliphatic rings. The zero-order valence-corrected chi connectivity index (χ0v) is 23.5. The molecule has 0 atom stereocenters. The van der Waals surface area contributed by atoms with E-state index in [-0.39, 0.29) is 5.97 Å². The number of ether oxygens (including phenoxy) is 3. The standard InChI is InChI=1S/C29H32Br2O4/c1-3-4-5-6-7-8-17-34-27-15-13-23(18-25(27)30)24-14-16-28(26(31)19-24)35-20-21-9-11-22(12-10-21)29(32)33-2/h9-16,18-19H,3-8,17,20H2,1-2H3. The van der Waals surface area contributed by atoms with Crippen LogP contribution in [0.4, 0.5) is 0 Å². The van der Waals surface area contributed by atoms with E-state index in [4.69, 9.17) is 14.2 Å². The summed E-state index contributed by atoms with van der Waals surface area (Å²) in [6, 6.07) is 19.4. The van der Waals surface area contributed by atoms with Gasteiger partial charge in [0.25, 0.3) is 0 Å².